The number of H-pyrrole nitrogens is 1. The van der Waals surface area contributed by atoms with E-state index in [0.717, 1.165) is 11.8 Å². The summed E-state index contributed by atoms with van der Waals surface area (Å²) in [6.07, 6.45) is 3.03. The predicted molar refractivity (Wildman–Crippen MR) is 92.1 cm³/mol. The van der Waals surface area contributed by atoms with E-state index in [4.69, 9.17) is 4.42 Å². The molecule has 0 atom stereocenters. The van der Waals surface area contributed by atoms with Crippen LogP contribution in [0, 0.1) is 5.82 Å². The van der Waals surface area contributed by atoms with Gasteiger partial charge >= 0.3 is 0 Å². The molecule has 8 nitrogen and oxygen atoms in total. The number of benzene rings is 1. The van der Waals surface area contributed by atoms with E-state index in [-0.39, 0.29) is 11.7 Å². The molecule has 0 fully saturated rings. The molecule has 0 bridgehead atoms. The molecule has 0 unspecified atom stereocenters. The van der Waals surface area contributed by atoms with Gasteiger partial charge in [0.25, 0.3) is 0 Å². The van der Waals surface area contributed by atoms with Crippen LogP contribution in [0.25, 0.3) is 0 Å². The second-order valence-electron chi connectivity index (χ2n) is 4.70. The van der Waals surface area contributed by atoms with Gasteiger partial charge < -0.3 is 9.73 Å². The number of furan rings is 1. The molecular weight excluding hydrogens is 347 g/mol. The molecule has 0 saturated carbocycles. The van der Waals surface area contributed by atoms with Crippen LogP contribution in [0.3, 0.4) is 0 Å². The number of thioether (sulfide) groups is 1. The molecule has 3 aromatic rings. The number of amides is 1. The Balaban J connectivity index is 1.45. The average molecular weight is 360 g/mol. The van der Waals surface area contributed by atoms with Crippen LogP contribution in [0.1, 0.15) is 5.76 Å². The zero-order valence-corrected chi connectivity index (χ0v) is 13.6. The van der Waals surface area contributed by atoms with Gasteiger partial charge in [0.05, 0.1) is 18.2 Å². The number of rotatable bonds is 7. The van der Waals surface area contributed by atoms with Crippen LogP contribution in [0.2, 0.25) is 0 Å². The van der Waals surface area contributed by atoms with Crippen LogP contribution >= 0.6 is 11.8 Å². The highest BCUT2D eigenvalue weighted by Gasteiger charge is 2.08. The van der Waals surface area contributed by atoms with Gasteiger partial charge in [-0.25, -0.2) is 14.9 Å². The zero-order valence-electron chi connectivity index (χ0n) is 12.8. The lowest BCUT2D eigenvalue weighted by Crippen LogP contribution is -2.14. The predicted octanol–water partition coefficient (Wildman–Crippen LogP) is 2.71. The number of nitrogens with one attached hydrogen (secondary N) is 3. The lowest BCUT2D eigenvalue weighted by atomic mass is 10.3. The largest absolute Gasteiger partial charge is 0.463 e. The zero-order chi connectivity index (χ0) is 17.5. The Morgan fingerprint density at radius 3 is 3.12 bits per heavy atom. The quantitative estimate of drug-likeness (QED) is 0.340. The first-order valence-electron chi connectivity index (χ1n) is 7.12. The fourth-order valence-electron chi connectivity index (χ4n) is 1.78. The number of carbonyl (C=O) groups is 1. The van der Waals surface area contributed by atoms with Gasteiger partial charge in [0.15, 0.2) is 0 Å². The van der Waals surface area contributed by atoms with Crippen molar-refractivity contribution in [1.82, 2.24) is 15.2 Å². The molecule has 0 aliphatic heterocycles. The van der Waals surface area contributed by atoms with E-state index in [9.17, 15) is 9.18 Å². The van der Waals surface area contributed by atoms with Gasteiger partial charge in [-0.05, 0) is 30.3 Å². The van der Waals surface area contributed by atoms with E-state index in [0.29, 0.717) is 22.6 Å². The third-order valence-corrected chi connectivity index (χ3v) is 3.66. The summed E-state index contributed by atoms with van der Waals surface area (Å²) in [5.41, 5.74) is 3.06. The third kappa shape index (κ3) is 5.18. The number of hydrogen-bond donors (Lipinski definition) is 3. The third-order valence-electron chi connectivity index (χ3n) is 2.81. The second-order valence-corrected chi connectivity index (χ2v) is 5.64. The molecule has 3 rings (SSSR count). The lowest BCUT2D eigenvalue weighted by Gasteiger charge is -2.03. The van der Waals surface area contributed by atoms with Crippen molar-refractivity contribution in [2.75, 3.05) is 16.5 Å². The molecule has 0 aliphatic carbocycles. The first-order chi connectivity index (χ1) is 12.2. The van der Waals surface area contributed by atoms with E-state index in [2.05, 4.69) is 31.0 Å². The summed E-state index contributed by atoms with van der Waals surface area (Å²) in [6, 6.07) is 9.19. The van der Waals surface area contributed by atoms with Crippen LogP contribution in [-0.4, -0.2) is 33.1 Å². The number of anilines is 2. The van der Waals surface area contributed by atoms with Crippen molar-refractivity contribution in [2.24, 2.45) is 5.10 Å². The van der Waals surface area contributed by atoms with Gasteiger partial charge in [0, 0.05) is 5.69 Å². The average Bonchev–Trinajstić information content (AvgIpc) is 3.25. The maximum absolute atomic E-state index is 13.1. The van der Waals surface area contributed by atoms with Gasteiger partial charge in [0.2, 0.25) is 17.0 Å². The van der Waals surface area contributed by atoms with Crippen molar-refractivity contribution in [3.05, 3.63) is 54.2 Å². The van der Waals surface area contributed by atoms with Crippen molar-refractivity contribution in [1.29, 1.82) is 0 Å². The van der Waals surface area contributed by atoms with Crippen LogP contribution in [0.4, 0.5) is 16.0 Å². The maximum Gasteiger partial charge on any atom is 0.240 e. The molecule has 0 saturated heterocycles. The van der Waals surface area contributed by atoms with E-state index in [1.165, 1.54) is 24.4 Å². The minimum absolute atomic E-state index is 0.0868. The Morgan fingerprint density at radius 2 is 2.32 bits per heavy atom. The molecule has 128 valence electrons. The molecule has 0 radical (unpaired) electrons. The molecule has 1 amide bonds. The summed E-state index contributed by atoms with van der Waals surface area (Å²) in [7, 11) is 0. The Kier molecular flexibility index (Phi) is 5.42. The molecule has 3 N–H and O–H groups in total. The van der Waals surface area contributed by atoms with Gasteiger partial charge in [-0.1, -0.05) is 17.8 Å². The number of nitrogens with zero attached hydrogens (tertiary/aromatic N) is 3. The topological polar surface area (TPSA) is 108 Å². The monoisotopic (exact) mass is 360 g/mol. The summed E-state index contributed by atoms with van der Waals surface area (Å²) in [6.45, 7) is 0. The first kappa shape index (κ1) is 16.7. The smallest absolute Gasteiger partial charge is 0.240 e. The summed E-state index contributed by atoms with van der Waals surface area (Å²) in [4.78, 5) is 16.0. The van der Waals surface area contributed by atoms with E-state index < -0.39 is 5.82 Å². The number of aromatic amines is 1. The number of hydrazone groups is 1. The summed E-state index contributed by atoms with van der Waals surface area (Å²) in [5, 5.41) is 13.5. The molecule has 2 heterocycles. The van der Waals surface area contributed by atoms with Crippen LogP contribution in [0.15, 0.2) is 57.3 Å². The molecule has 2 aromatic heterocycles. The number of carbonyl (C=O) groups excluding carboxylic acids is 1. The molecule has 0 aliphatic rings. The molecule has 25 heavy (non-hydrogen) atoms. The Bertz CT molecular complexity index is 865. The van der Waals surface area contributed by atoms with Gasteiger partial charge in [-0.15, -0.1) is 5.10 Å². The fourth-order valence-corrected chi connectivity index (χ4v) is 2.37. The second kappa shape index (κ2) is 8.11. The van der Waals surface area contributed by atoms with Crippen LogP contribution in [0.5, 0.6) is 0 Å². The minimum atomic E-state index is -0.412. The molecule has 1 aromatic carbocycles. The summed E-state index contributed by atoms with van der Waals surface area (Å²) >= 11 is 1.13. The fraction of sp³-hybridized carbons (Fsp3) is 0.0667. The Morgan fingerprint density at radius 1 is 1.40 bits per heavy atom. The lowest BCUT2D eigenvalue weighted by molar-refractivity contribution is -0.113. The van der Waals surface area contributed by atoms with Crippen molar-refractivity contribution in [2.45, 2.75) is 5.16 Å². The van der Waals surface area contributed by atoms with Crippen LogP contribution in [-0.2, 0) is 4.79 Å². The maximum atomic E-state index is 13.1. The molecule has 10 heteroatoms. The van der Waals surface area contributed by atoms with Crippen molar-refractivity contribution >= 4 is 35.5 Å². The SMILES string of the molecule is O=C(CSc1n[nH]c(N/N=C\c2ccco2)n1)Nc1cccc(F)c1. The van der Waals surface area contributed by atoms with Gasteiger partial charge in [-0.3, -0.25) is 4.79 Å². The van der Waals surface area contributed by atoms with Crippen molar-refractivity contribution in [3.63, 3.8) is 0 Å². The van der Waals surface area contributed by atoms with Crippen LogP contribution < -0.4 is 10.7 Å². The first-order valence-corrected chi connectivity index (χ1v) is 8.11. The highest BCUT2D eigenvalue weighted by atomic mass is 32.2. The number of halogens is 1. The summed E-state index contributed by atoms with van der Waals surface area (Å²) < 4.78 is 18.1. The molecular formula is C15H13FN6O2S. The Hall–Kier alpha value is -3.14. The highest BCUT2D eigenvalue weighted by molar-refractivity contribution is 7.99. The van der Waals surface area contributed by atoms with E-state index in [1.54, 1.807) is 24.5 Å². The van der Waals surface area contributed by atoms with Crippen molar-refractivity contribution in [3.8, 4) is 0 Å². The van der Waals surface area contributed by atoms with Gasteiger partial charge in [-0.2, -0.15) is 10.1 Å². The minimum Gasteiger partial charge on any atom is -0.463 e. The summed E-state index contributed by atoms with van der Waals surface area (Å²) in [5.74, 6) is 0.311. The Labute approximate surface area is 145 Å². The van der Waals surface area contributed by atoms with E-state index in [1.807, 2.05) is 0 Å². The molecule has 0 spiro atoms. The highest BCUT2D eigenvalue weighted by Crippen LogP contribution is 2.15. The standard InChI is InChI=1S/C15H13FN6O2S/c16-10-3-1-4-11(7-10)18-13(23)9-25-15-19-14(21-22-15)20-17-8-12-5-2-6-24-12/h1-8H,9H2,(H,18,23)(H2,19,20,21,22)/b17-8-. The van der Waals surface area contributed by atoms with E-state index >= 15 is 0 Å². The normalized spacial score (nSPS) is 10.9. The number of hydrogen-bond acceptors (Lipinski definition) is 7. The number of aromatic nitrogens is 3. The van der Waals surface area contributed by atoms with Crippen molar-refractivity contribution < 1.29 is 13.6 Å². The van der Waals surface area contributed by atoms with Gasteiger partial charge in [0.1, 0.15) is 11.6 Å².